The molecular formula is C18H16FN5O3S2. The Kier molecular flexibility index (Phi) is 5.01. The molecule has 11 heteroatoms. The van der Waals surface area contributed by atoms with Gasteiger partial charge in [-0.2, -0.15) is 0 Å². The maximum absolute atomic E-state index is 13.8. The molecule has 2 aliphatic rings. The zero-order chi connectivity index (χ0) is 20.6. The van der Waals surface area contributed by atoms with Crippen molar-refractivity contribution in [1.29, 1.82) is 0 Å². The number of benzene rings is 1. The fourth-order valence-corrected chi connectivity index (χ4v) is 4.68. The molecule has 0 bridgehead atoms. The van der Waals surface area contributed by atoms with Crippen LogP contribution in [0.4, 0.5) is 10.1 Å². The van der Waals surface area contributed by atoms with E-state index in [2.05, 4.69) is 14.7 Å². The molecule has 29 heavy (non-hydrogen) atoms. The fourth-order valence-electron chi connectivity index (χ4n) is 2.82. The Morgan fingerprint density at radius 3 is 2.93 bits per heavy atom. The largest absolute Gasteiger partial charge is 0.331 e. The summed E-state index contributed by atoms with van der Waals surface area (Å²) in [6.07, 6.45) is 8.20. The van der Waals surface area contributed by atoms with Crippen LogP contribution in [0.15, 0.2) is 69.0 Å². The van der Waals surface area contributed by atoms with E-state index in [-0.39, 0.29) is 29.4 Å². The van der Waals surface area contributed by atoms with E-state index in [4.69, 9.17) is 0 Å². The number of nitrogens with one attached hydrogen (secondary N) is 1. The summed E-state index contributed by atoms with van der Waals surface area (Å²) in [6, 6.07) is 4.05. The van der Waals surface area contributed by atoms with Crippen molar-refractivity contribution in [3.63, 3.8) is 0 Å². The highest BCUT2D eigenvalue weighted by atomic mass is 32.2. The average Bonchev–Trinajstić information content (AvgIpc) is 3.07. The van der Waals surface area contributed by atoms with Crippen LogP contribution in [0.25, 0.3) is 0 Å². The van der Waals surface area contributed by atoms with Gasteiger partial charge in [-0.05, 0) is 42.1 Å². The van der Waals surface area contributed by atoms with Gasteiger partial charge in [-0.25, -0.2) is 17.8 Å². The van der Waals surface area contributed by atoms with Crippen molar-refractivity contribution >= 4 is 39.2 Å². The Hall–Kier alpha value is -2.92. The van der Waals surface area contributed by atoms with E-state index in [1.54, 1.807) is 40.2 Å². The minimum absolute atomic E-state index is 0.0611. The summed E-state index contributed by atoms with van der Waals surface area (Å²) in [5.74, 6) is -1.15. The molecular weight excluding hydrogens is 417 g/mol. The van der Waals surface area contributed by atoms with Crippen molar-refractivity contribution in [2.24, 2.45) is 11.4 Å². The first kappa shape index (κ1) is 19.4. The number of rotatable bonds is 4. The molecule has 0 spiro atoms. The third kappa shape index (κ3) is 4.10. The van der Waals surface area contributed by atoms with Crippen LogP contribution in [-0.2, 0) is 21.9 Å². The molecule has 4 rings (SSSR count). The van der Waals surface area contributed by atoms with Crippen molar-refractivity contribution in [2.45, 2.75) is 10.1 Å². The number of anilines is 1. The number of aromatic nitrogens is 2. The second kappa shape index (κ2) is 7.48. The van der Waals surface area contributed by atoms with Crippen LogP contribution >= 0.6 is 11.8 Å². The molecule has 2 aliphatic heterocycles. The Bertz CT molecular complexity index is 1180. The number of carbonyl (C=O) groups is 1. The van der Waals surface area contributed by atoms with Crippen LogP contribution < -0.4 is 5.32 Å². The quantitative estimate of drug-likeness (QED) is 0.794. The number of fused-ring (bicyclic) bond motifs is 1. The highest BCUT2D eigenvalue weighted by Gasteiger charge is 2.30. The lowest BCUT2D eigenvalue weighted by Crippen LogP contribution is -2.40. The third-order valence-corrected chi connectivity index (χ3v) is 6.57. The molecule has 0 unspecified atom stereocenters. The molecule has 1 aromatic heterocycles. The Balaban J connectivity index is 1.64. The molecule has 1 N–H and O–H groups in total. The van der Waals surface area contributed by atoms with Gasteiger partial charge in [0.1, 0.15) is 5.82 Å². The first-order valence-electron chi connectivity index (χ1n) is 8.57. The first-order chi connectivity index (χ1) is 13.8. The van der Waals surface area contributed by atoms with Gasteiger partial charge in [0.05, 0.1) is 17.0 Å². The number of imidazole rings is 1. The first-order valence-corrected chi connectivity index (χ1v) is 11.0. The van der Waals surface area contributed by atoms with Crippen molar-refractivity contribution in [2.75, 3.05) is 17.6 Å². The molecule has 3 heterocycles. The number of allylic oxidation sites excluding steroid dienone is 2. The summed E-state index contributed by atoms with van der Waals surface area (Å²) in [6.45, 7) is 0.211. The van der Waals surface area contributed by atoms with E-state index < -0.39 is 21.7 Å². The smallest absolute Gasteiger partial charge is 0.259 e. The van der Waals surface area contributed by atoms with Gasteiger partial charge in [-0.15, -0.1) is 4.40 Å². The summed E-state index contributed by atoms with van der Waals surface area (Å²) in [4.78, 5) is 19.3. The number of nitrogens with zero attached hydrogens (tertiary/aromatic N) is 4. The van der Waals surface area contributed by atoms with Crippen LogP contribution in [0.5, 0.6) is 0 Å². The molecule has 0 saturated carbocycles. The zero-order valence-corrected chi connectivity index (χ0v) is 16.9. The summed E-state index contributed by atoms with van der Waals surface area (Å²) < 4.78 is 43.1. The van der Waals surface area contributed by atoms with Crippen LogP contribution in [0.1, 0.15) is 0 Å². The Morgan fingerprint density at radius 1 is 1.34 bits per heavy atom. The Morgan fingerprint density at radius 2 is 2.17 bits per heavy atom. The number of aryl methyl sites for hydroxylation is 1. The minimum atomic E-state index is -3.63. The fraction of sp³-hybridized carbons (Fsp3) is 0.167. The normalized spacial score (nSPS) is 17.4. The lowest BCUT2D eigenvalue weighted by Gasteiger charge is -2.28. The van der Waals surface area contributed by atoms with Crippen molar-refractivity contribution < 1.29 is 17.6 Å². The number of carbonyl (C=O) groups excluding carboxylic acids is 1. The second-order valence-corrected chi connectivity index (χ2v) is 9.10. The van der Waals surface area contributed by atoms with Gasteiger partial charge < -0.3 is 14.8 Å². The zero-order valence-electron chi connectivity index (χ0n) is 15.2. The molecule has 2 aromatic rings. The topological polar surface area (TPSA) is 96.7 Å². The molecule has 0 fully saturated rings. The lowest BCUT2D eigenvalue weighted by atomic mass is 10.1. The molecule has 0 atom stereocenters. The van der Waals surface area contributed by atoms with Crippen LogP contribution in [0.2, 0.25) is 0 Å². The average molecular weight is 433 g/mol. The number of hydrogen-bond donors (Lipinski definition) is 1. The second-order valence-electron chi connectivity index (χ2n) is 6.33. The van der Waals surface area contributed by atoms with Gasteiger partial charge in [0.15, 0.2) is 11.0 Å². The van der Waals surface area contributed by atoms with Crippen LogP contribution in [0, 0.1) is 5.82 Å². The summed E-state index contributed by atoms with van der Waals surface area (Å²) >= 11 is 1.27. The molecule has 0 aliphatic carbocycles. The number of amides is 1. The highest BCUT2D eigenvalue weighted by molar-refractivity contribution is 7.99. The molecule has 8 nitrogen and oxygen atoms in total. The number of sulfonamides is 1. The standard InChI is InChI=1S/C18H16FN5O3S2/c1-23-8-6-20-18(23)28-15-5-4-12(19)11-14(15)21-17(25)13-3-2-7-24-9-10-29(26,27)22-16(13)24/h2-8,11H,9-10H2,1H3,(H,21,25). The van der Waals surface area contributed by atoms with Gasteiger partial charge in [0.25, 0.3) is 15.9 Å². The third-order valence-electron chi connectivity index (χ3n) is 4.27. The molecule has 0 radical (unpaired) electrons. The van der Waals surface area contributed by atoms with Gasteiger partial charge >= 0.3 is 0 Å². The maximum atomic E-state index is 13.8. The van der Waals surface area contributed by atoms with Gasteiger partial charge in [0.2, 0.25) is 0 Å². The monoisotopic (exact) mass is 433 g/mol. The van der Waals surface area contributed by atoms with Crippen molar-refractivity contribution in [1.82, 2.24) is 14.5 Å². The van der Waals surface area contributed by atoms with E-state index in [0.29, 0.717) is 10.1 Å². The van der Waals surface area contributed by atoms with E-state index in [1.807, 2.05) is 7.05 Å². The summed E-state index contributed by atoms with van der Waals surface area (Å²) in [5.41, 5.74) is 0.345. The van der Waals surface area contributed by atoms with E-state index in [1.165, 1.54) is 30.0 Å². The predicted molar refractivity (Wildman–Crippen MR) is 108 cm³/mol. The van der Waals surface area contributed by atoms with Gasteiger partial charge in [0, 0.05) is 37.1 Å². The van der Waals surface area contributed by atoms with Gasteiger partial charge in [-0.1, -0.05) is 0 Å². The Labute approximate surface area is 170 Å². The summed E-state index contributed by atoms with van der Waals surface area (Å²) in [5, 5.41) is 3.34. The molecule has 0 saturated heterocycles. The minimum Gasteiger partial charge on any atom is -0.331 e. The maximum Gasteiger partial charge on any atom is 0.259 e. The van der Waals surface area contributed by atoms with Gasteiger partial charge in [-0.3, -0.25) is 4.79 Å². The molecule has 150 valence electrons. The summed E-state index contributed by atoms with van der Waals surface area (Å²) in [7, 11) is -1.80. The van der Waals surface area contributed by atoms with E-state index in [0.717, 1.165) is 0 Å². The molecule has 1 amide bonds. The lowest BCUT2D eigenvalue weighted by molar-refractivity contribution is -0.112. The van der Waals surface area contributed by atoms with Crippen molar-refractivity contribution in [3.05, 3.63) is 60.3 Å². The van der Waals surface area contributed by atoms with E-state index in [9.17, 15) is 17.6 Å². The number of halogens is 1. The molecule has 1 aromatic carbocycles. The van der Waals surface area contributed by atoms with E-state index >= 15 is 0 Å². The SMILES string of the molecule is Cn1ccnc1Sc1ccc(F)cc1NC(=O)C1=CC=CN2CCS(=O)(=O)N=C12. The van der Waals surface area contributed by atoms with Crippen LogP contribution in [-0.4, -0.2) is 46.9 Å². The van der Waals surface area contributed by atoms with Crippen LogP contribution in [0.3, 0.4) is 0 Å². The number of hydrogen-bond acceptors (Lipinski definition) is 6. The highest BCUT2D eigenvalue weighted by Crippen LogP contribution is 2.33. The van der Waals surface area contributed by atoms with Crippen molar-refractivity contribution in [3.8, 4) is 0 Å². The number of amidine groups is 1. The predicted octanol–water partition coefficient (Wildman–Crippen LogP) is 2.15.